The van der Waals surface area contributed by atoms with E-state index in [-0.39, 0.29) is 30.8 Å². The number of hydrogen-bond acceptors (Lipinski definition) is 6. The molecule has 3 unspecified atom stereocenters. The molecule has 224 valence electrons. The fourth-order valence-corrected chi connectivity index (χ4v) is 5.63. The van der Waals surface area contributed by atoms with E-state index < -0.39 is 11.6 Å². The van der Waals surface area contributed by atoms with Crippen LogP contribution in [0.1, 0.15) is 62.8 Å². The van der Waals surface area contributed by atoms with Crippen molar-refractivity contribution in [2.24, 2.45) is 0 Å². The van der Waals surface area contributed by atoms with E-state index in [1.54, 1.807) is 4.90 Å². The van der Waals surface area contributed by atoms with E-state index in [4.69, 9.17) is 14.2 Å². The van der Waals surface area contributed by atoms with E-state index in [0.29, 0.717) is 18.7 Å². The molecule has 1 aliphatic heterocycles. The maximum atomic E-state index is 13.8. The van der Waals surface area contributed by atoms with Gasteiger partial charge >= 0.3 is 12.1 Å². The molecule has 1 amide bonds. The maximum Gasteiger partial charge on any atom is 0.410 e. The third-order valence-corrected chi connectivity index (χ3v) is 7.72. The molecule has 0 fully saturated rings. The van der Waals surface area contributed by atoms with Crippen molar-refractivity contribution in [2.75, 3.05) is 20.3 Å². The van der Waals surface area contributed by atoms with Gasteiger partial charge in [-0.2, -0.15) is 0 Å². The summed E-state index contributed by atoms with van der Waals surface area (Å²) in [5.74, 6) is 0.998. The Labute approximate surface area is 253 Å². The normalized spacial score (nSPS) is 16.9. The van der Waals surface area contributed by atoms with Crippen molar-refractivity contribution < 1.29 is 28.5 Å². The number of rotatable bonds is 8. The van der Waals surface area contributed by atoms with Gasteiger partial charge in [-0.3, -0.25) is 4.90 Å². The number of esters is 1. The monoisotopic (exact) mass is 581 g/mol. The van der Waals surface area contributed by atoms with E-state index in [1.807, 2.05) is 88.4 Å². The fourth-order valence-electron chi connectivity index (χ4n) is 5.63. The van der Waals surface area contributed by atoms with Crippen molar-refractivity contribution in [1.82, 2.24) is 4.90 Å². The van der Waals surface area contributed by atoms with Crippen LogP contribution in [0, 0.1) is 0 Å². The zero-order valence-corrected chi connectivity index (χ0v) is 25.4. The molecule has 0 saturated carbocycles. The number of amides is 1. The standard InChI is InChI=1S/C36H39NO6/c1-24(29-15-10-12-25-11-6-7-13-30(25)29)37(35(39)43-36(2,3)4)22-28-21-32(31-14-8-9-16-33(31)42-28)26-17-19-27(20-18-26)41-23-34(38)40-5/h6-20,24,28,32H,21-23H2,1-5H3. The second kappa shape index (κ2) is 12.8. The van der Waals surface area contributed by atoms with Gasteiger partial charge in [-0.05, 0) is 74.2 Å². The molecule has 0 spiro atoms. The van der Waals surface area contributed by atoms with E-state index in [2.05, 4.69) is 35.1 Å². The van der Waals surface area contributed by atoms with Crippen LogP contribution in [0.25, 0.3) is 10.8 Å². The van der Waals surface area contributed by atoms with Gasteiger partial charge in [0, 0.05) is 11.5 Å². The van der Waals surface area contributed by atoms with Gasteiger partial charge < -0.3 is 18.9 Å². The number of methoxy groups -OCH3 is 1. The predicted octanol–water partition coefficient (Wildman–Crippen LogP) is 7.67. The lowest BCUT2D eigenvalue weighted by Crippen LogP contribution is -2.45. The second-order valence-corrected chi connectivity index (χ2v) is 11.9. The zero-order valence-electron chi connectivity index (χ0n) is 25.4. The van der Waals surface area contributed by atoms with Crippen molar-refractivity contribution in [3.05, 3.63) is 108 Å². The third kappa shape index (κ3) is 7.11. The van der Waals surface area contributed by atoms with Gasteiger partial charge in [-0.15, -0.1) is 0 Å². The minimum Gasteiger partial charge on any atom is -0.488 e. The van der Waals surface area contributed by atoms with E-state index in [0.717, 1.165) is 33.2 Å². The SMILES string of the molecule is COC(=O)COc1ccc(C2CC(CN(C(=O)OC(C)(C)C)C(C)c3cccc4ccccc34)Oc3ccccc32)cc1. The predicted molar refractivity (Wildman–Crippen MR) is 167 cm³/mol. The number of carbonyl (C=O) groups is 2. The molecule has 0 N–H and O–H groups in total. The Morgan fingerprint density at radius 1 is 0.930 bits per heavy atom. The van der Waals surface area contributed by atoms with Crippen molar-refractivity contribution in [3.8, 4) is 11.5 Å². The highest BCUT2D eigenvalue weighted by Gasteiger charge is 2.35. The van der Waals surface area contributed by atoms with Crippen LogP contribution in [-0.2, 0) is 14.3 Å². The lowest BCUT2D eigenvalue weighted by molar-refractivity contribution is -0.142. The number of carbonyl (C=O) groups excluding carboxylic acids is 2. The Kier molecular flexibility index (Phi) is 8.90. The number of nitrogens with zero attached hydrogens (tertiary/aromatic N) is 1. The summed E-state index contributed by atoms with van der Waals surface area (Å²) in [7, 11) is 1.33. The first-order valence-corrected chi connectivity index (χ1v) is 14.7. The highest BCUT2D eigenvalue weighted by Crippen LogP contribution is 2.41. The van der Waals surface area contributed by atoms with Crippen molar-refractivity contribution in [2.45, 2.75) is 57.8 Å². The van der Waals surface area contributed by atoms with Crippen LogP contribution in [0.4, 0.5) is 4.79 Å². The lowest BCUT2D eigenvalue weighted by atomic mass is 9.84. The van der Waals surface area contributed by atoms with Crippen LogP contribution in [0.2, 0.25) is 0 Å². The average Bonchev–Trinajstić information content (AvgIpc) is 3.00. The molecular formula is C36H39NO6. The molecule has 7 nitrogen and oxygen atoms in total. The number of hydrogen-bond donors (Lipinski definition) is 0. The molecule has 1 heterocycles. The fraction of sp³-hybridized carbons (Fsp3) is 0.333. The maximum absolute atomic E-state index is 13.8. The second-order valence-electron chi connectivity index (χ2n) is 11.9. The van der Waals surface area contributed by atoms with Crippen LogP contribution in [0.3, 0.4) is 0 Å². The average molecular weight is 582 g/mol. The summed E-state index contributed by atoms with van der Waals surface area (Å²) < 4.78 is 22.7. The summed E-state index contributed by atoms with van der Waals surface area (Å²) >= 11 is 0. The molecular weight excluding hydrogens is 542 g/mol. The molecule has 0 aliphatic carbocycles. The number of para-hydroxylation sites is 1. The minimum absolute atomic E-state index is 0.0398. The summed E-state index contributed by atoms with van der Waals surface area (Å²) in [4.78, 5) is 27.0. The van der Waals surface area contributed by atoms with Crippen molar-refractivity contribution >= 4 is 22.8 Å². The van der Waals surface area contributed by atoms with Crippen LogP contribution >= 0.6 is 0 Å². The van der Waals surface area contributed by atoms with Gasteiger partial charge in [-0.25, -0.2) is 9.59 Å². The van der Waals surface area contributed by atoms with E-state index in [1.165, 1.54) is 7.11 Å². The first-order chi connectivity index (χ1) is 20.6. The highest BCUT2D eigenvalue weighted by molar-refractivity contribution is 5.86. The summed E-state index contributed by atoms with van der Waals surface area (Å²) in [5, 5.41) is 2.23. The smallest absolute Gasteiger partial charge is 0.410 e. The molecule has 1 aliphatic rings. The minimum atomic E-state index is -0.645. The molecule has 7 heteroatoms. The number of fused-ring (bicyclic) bond motifs is 2. The Hall–Kier alpha value is -4.52. The van der Waals surface area contributed by atoms with E-state index >= 15 is 0 Å². The van der Waals surface area contributed by atoms with Gasteiger partial charge in [0.05, 0.1) is 19.7 Å². The summed E-state index contributed by atoms with van der Waals surface area (Å²) in [5.41, 5.74) is 2.60. The topological polar surface area (TPSA) is 74.3 Å². The van der Waals surface area contributed by atoms with Gasteiger partial charge in [0.25, 0.3) is 0 Å². The largest absolute Gasteiger partial charge is 0.488 e. The molecule has 43 heavy (non-hydrogen) atoms. The Morgan fingerprint density at radius 2 is 1.63 bits per heavy atom. The summed E-state index contributed by atoms with van der Waals surface area (Å²) in [6.07, 6.45) is 0.0140. The van der Waals surface area contributed by atoms with E-state index in [9.17, 15) is 9.59 Å². The highest BCUT2D eigenvalue weighted by atomic mass is 16.6. The van der Waals surface area contributed by atoms with Crippen LogP contribution in [0.15, 0.2) is 91.0 Å². The van der Waals surface area contributed by atoms with Crippen molar-refractivity contribution in [3.63, 3.8) is 0 Å². The van der Waals surface area contributed by atoms with Gasteiger partial charge in [0.1, 0.15) is 23.2 Å². The first-order valence-electron chi connectivity index (χ1n) is 14.7. The number of ether oxygens (including phenoxy) is 4. The molecule has 4 aromatic carbocycles. The van der Waals surface area contributed by atoms with Crippen LogP contribution in [-0.4, -0.2) is 48.9 Å². The first kappa shape index (κ1) is 30.0. The number of benzene rings is 4. The van der Waals surface area contributed by atoms with Crippen molar-refractivity contribution in [1.29, 1.82) is 0 Å². The Balaban J connectivity index is 1.44. The van der Waals surface area contributed by atoms with Gasteiger partial charge in [-0.1, -0.05) is 72.8 Å². The lowest BCUT2D eigenvalue weighted by Gasteiger charge is -2.38. The molecule has 3 atom stereocenters. The zero-order chi connectivity index (χ0) is 30.6. The molecule has 0 aromatic heterocycles. The molecule has 4 aromatic rings. The van der Waals surface area contributed by atoms with Crippen LogP contribution in [0.5, 0.6) is 11.5 Å². The molecule has 0 radical (unpaired) electrons. The summed E-state index contributed by atoms with van der Waals surface area (Å²) in [6, 6.07) is 30.0. The van der Waals surface area contributed by atoms with Gasteiger partial charge in [0.15, 0.2) is 6.61 Å². The quantitative estimate of drug-likeness (QED) is 0.199. The molecule has 0 saturated heterocycles. The third-order valence-electron chi connectivity index (χ3n) is 7.72. The Morgan fingerprint density at radius 3 is 2.37 bits per heavy atom. The molecule has 5 rings (SSSR count). The summed E-state index contributed by atoms with van der Waals surface area (Å²) in [6.45, 7) is 7.90. The van der Waals surface area contributed by atoms with Crippen LogP contribution < -0.4 is 9.47 Å². The molecule has 0 bridgehead atoms. The van der Waals surface area contributed by atoms with Gasteiger partial charge in [0.2, 0.25) is 0 Å². The Bertz CT molecular complexity index is 1570.